The topological polar surface area (TPSA) is 49.8 Å². The minimum Gasteiger partial charge on any atom is -0.441 e. The lowest BCUT2D eigenvalue weighted by molar-refractivity contribution is 0.0963. The van der Waals surface area contributed by atoms with Crippen molar-refractivity contribution >= 4 is 27.7 Å². The zero-order valence-corrected chi connectivity index (χ0v) is 9.78. The molecular weight excluding hydrogens is 281 g/mol. The van der Waals surface area contributed by atoms with Crippen LogP contribution in [0.3, 0.4) is 0 Å². The fraction of sp³-hybridized carbons (Fsp3) is 0.300. The number of carbonyl (C=O) groups is 1. The highest BCUT2D eigenvalue weighted by atomic mass is 79.9. The second kappa shape index (κ2) is 4.39. The molecule has 1 saturated heterocycles. The molecule has 1 aliphatic heterocycles. The minimum absolute atomic E-state index is 0.220. The standard InChI is InChI=1S/C10H9BrFNO3/c11-8-2-1-6(12)3-9(8)13-4-7(5-14)16-10(13)15/h1-3,7,14H,4-5H2/t7-/m1/s1. The number of anilines is 1. The summed E-state index contributed by atoms with van der Waals surface area (Å²) in [5.41, 5.74) is 0.404. The summed E-state index contributed by atoms with van der Waals surface area (Å²) in [5, 5.41) is 8.88. The maximum absolute atomic E-state index is 13.1. The van der Waals surface area contributed by atoms with Crippen molar-refractivity contribution in [3.63, 3.8) is 0 Å². The number of carbonyl (C=O) groups excluding carboxylic acids is 1. The number of cyclic esters (lactones) is 1. The summed E-state index contributed by atoms with van der Waals surface area (Å²) in [4.78, 5) is 12.7. The van der Waals surface area contributed by atoms with Crippen LogP contribution < -0.4 is 4.90 Å². The molecule has 1 aliphatic rings. The van der Waals surface area contributed by atoms with Gasteiger partial charge in [-0.25, -0.2) is 9.18 Å². The molecule has 0 unspecified atom stereocenters. The zero-order chi connectivity index (χ0) is 11.7. The van der Waals surface area contributed by atoms with Gasteiger partial charge in [-0.3, -0.25) is 4.90 Å². The van der Waals surface area contributed by atoms with E-state index in [-0.39, 0.29) is 13.2 Å². The number of benzene rings is 1. The summed E-state index contributed by atoms with van der Waals surface area (Å²) >= 11 is 3.23. The number of hydrogen-bond donors (Lipinski definition) is 1. The van der Waals surface area contributed by atoms with E-state index in [1.54, 1.807) is 0 Å². The third-order valence-corrected chi connectivity index (χ3v) is 2.95. The van der Waals surface area contributed by atoms with Gasteiger partial charge < -0.3 is 9.84 Å². The van der Waals surface area contributed by atoms with Gasteiger partial charge in [-0.05, 0) is 34.1 Å². The molecule has 2 rings (SSSR count). The number of nitrogens with zero attached hydrogens (tertiary/aromatic N) is 1. The van der Waals surface area contributed by atoms with Gasteiger partial charge in [-0.2, -0.15) is 0 Å². The Labute approximate surface area is 99.7 Å². The monoisotopic (exact) mass is 289 g/mol. The highest BCUT2D eigenvalue weighted by molar-refractivity contribution is 9.10. The van der Waals surface area contributed by atoms with E-state index in [9.17, 15) is 9.18 Å². The Balaban J connectivity index is 2.30. The molecule has 1 aromatic carbocycles. The van der Waals surface area contributed by atoms with Crippen LogP contribution in [0.25, 0.3) is 0 Å². The maximum Gasteiger partial charge on any atom is 0.414 e. The van der Waals surface area contributed by atoms with E-state index in [0.717, 1.165) is 0 Å². The number of amides is 1. The molecule has 0 radical (unpaired) electrons. The molecule has 16 heavy (non-hydrogen) atoms. The van der Waals surface area contributed by atoms with Crippen molar-refractivity contribution in [1.29, 1.82) is 0 Å². The number of aliphatic hydroxyl groups is 1. The second-order valence-electron chi connectivity index (χ2n) is 3.39. The summed E-state index contributed by atoms with van der Waals surface area (Å²) in [6, 6.07) is 4.05. The van der Waals surface area contributed by atoms with Crippen LogP contribution in [0.4, 0.5) is 14.9 Å². The summed E-state index contributed by atoms with van der Waals surface area (Å²) in [7, 11) is 0. The lowest BCUT2D eigenvalue weighted by atomic mass is 10.2. The molecule has 1 fully saturated rings. The molecule has 0 saturated carbocycles. The zero-order valence-electron chi connectivity index (χ0n) is 8.19. The number of hydrogen-bond acceptors (Lipinski definition) is 3. The lowest BCUT2D eigenvalue weighted by Gasteiger charge is -2.14. The van der Waals surface area contributed by atoms with Crippen molar-refractivity contribution in [2.45, 2.75) is 6.10 Å². The molecule has 0 bridgehead atoms. The van der Waals surface area contributed by atoms with Crippen molar-refractivity contribution in [2.75, 3.05) is 18.1 Å². The molecule has 6 heteroatoms. The Morgan fingerprint density at radius 1 is 1.62 bits per heavy atom. The Morgan fingerprint density at radius 3 is 3.00 bits per heavy atom. The van der Waals surface area contributed by atoms with Gasteiger partial charge in [0.1, 0.15) is 11.9 Å². The first-order valence-corrected chi connectivity index (χ1v) is 5.45. The smallest absolute Gasteiger partial charge is 0.414 e. The molecule has 4 nitrogen and oxygen atoms in total. The van der Waals surface area contributed by atoms with Crippen molar-refractivity contribution in [2.24, 2.45) is 0 Å². The summed E-state index contributed by atoms with van der Waals surface area (Å²) in [6.45, 7) is -0.0213. The SMILES string of the molecule is O=C1O[C@@H](CO)CN1c1cc(F)ccc1Br. The number of ether oxygens (including phenoxy) is 1. The molecule has 1 aromatic rings. The van der Waals surface area contributed by atoms with Crippen LogP contribution >= 0.6 is 15.9 Å². The Kier molecular flexibility index (Phi) is 3.11. The molecule has 1 heterocycles. The van der Waals surface area contributed by atoms with Crippen LogP contribution in [0.2, 0.25) is 0 Å². The Morgan fingerprint density at radius 2 is 2.38 bits per heavy atom. The highest BCUT2D eigenvalue weighted by Gasteiger charge is 2.32. The highest BCUT2D eigenvalue weighted by Crippen LogP contribution is 2.30. The van der Waals surface area contributed by atoms with Gasteiger partial charge in [0, 0.05) is 4.47 Å². The second-order valence-corrected chi connectivity index (χ2v) is 4.25. The summed E-state index contributed by atoms with van der Waals surface area (Å²) in [6.07, 6.45) is -1.13. The van der Waals surface area contributed by atoms with Crippen LogP contribution in [0.5, 0.6) is 0 Å². The van der Waals surface area contributed by atoms with Crippen LogP contribution in [-0.4, -0.2) is 30.5 Å². The molecule has 0 aliphatic carbocycles. The van der Waals surface area contributed by atoms with Crippen molar-refractivity contribution in [1.82, 2.24) is 0 Å². The van der Waals surface area contributed by atoms with Crippen LogP contribution in [0, 0.1) is 5.82 Å². The van der Waals surface area contributed by atoms with Gasteiger partial charge in [0.15, 0.2) is 0 Å². The van der Waals surface area contributed by atoms with Crippen LogP contribution in [-0.2, 0) is 4.74 Å². The third kappa shape index (κ3) is 2.03. The largest absolute Gasteiger partial charge is 0.441 e. The third-order valence-electron chi connectivity index (χ3n) is 2.28. The average Bonchev–Trinajstić information content (AvgIpc) is 2.63. The summed E-state index contributed by atoms with van der Waals surface area (Å²) < 4.78 is 18.5. The van der Waals surface area contributed by atoms with Crippen molar-refractivity contribution in [3.8, 4) is 0 Å². The summed E-state index contributed by atoms with van der Waals surface area (Å²) in [5.74, 6) is -0.432. The average molecular weight is 290 g/mol. The van der Waals surface area contributed by atoms with E-state index >= 15 is 0 Å². The van der Waals surface area contributed by atoms with Gasteiger partial charge in [0.2, 0.25) is 0 Å². The van der Waals surface area contributed by atoms with E-state index in [4.69, 9.17) is 9.84 Å². The number of rotatable bonds is 2. The first-order valence-electron chi connectivity index (χ1n) is 4.66. The fourth-order valence-corrected chi connectivity index (χ4v) is 1.97. The maximum atomic E-state index is 13.1. The molecule has 0 aromatic heterocycles. The van der Waals surface area contributed by atoms with E-state index in [1.807, 2.05) is 0 Å². The van der Waals surface area contributed by atoms with Gasteiger partial charge in [-0.15, -0.1) is 0 Å². The Bertz CT molecular complexity index is 427. The first-order chi connectivity index (χ1) is 7.61. The van der Waals surface area contributed by atoms with E-state index in [0.29, 0.717) is 10.2 Å². The van der Waals surface area contributed by atoms with Gasteiger partial charge in [-0.1, -0.05) is 0 Å². The fourth-order valence-electron chi connectivity index (χ4n) is 1.51. The van der Waals surface area contributed by atoms with Crippen LogP contribution in [0.15, 0.2) is 22.7 Å². The minimum atomic E-state index is -0.578. The predicted molar refractivity (Wildman–Crippen MR) is 58.8 cm³/mol. The molecule has 86 valence electrons. The molecule has 1 N–H and O–H groups in total. The van der Waals surface area contributed by atoms with Crippen molar-refractivity contribution < 1.29 is 19.0 Å². The Hall–Kier alpha value is -1.14. The van der Waals surface area contributed by atoms with Gasteiger partial charge in [0.05, 0.1) is 18.8 Å². The molecular formula is C10H9BrFNO3. The van der Waals surface area contributed by atoms with E-state index in [1.165, 1.54) is 23.1 Å². The lowest BCUT2D eigenvalue weighted by Crippen LogP contribution is -2.25. The molecule has 1 atom stereocenters. The van der Waals surface area contributed by atoms with Gasteiger partial charge in [0.25, 0.3) is 0 Å². The van der Waals surface area contributed by atoms with Crippen molar-refractivity contribution in [3.05, 3.63) is 28.5 Å². The van der Waals surface area contributed by atoms with E-state index < -0.39 is 18.0 Å². The number of halogens is 2. The molecule has 1 amide bonds. The van der Waals surface area contributed by atoms with Crippen LogP contribution in [0.1, 0.15) is 0 Å². The first kappa shape index (κ1) is 11.3. The molecule has 0 spiro atoms. The van der Waals surface area contributed by atoms with Gasteiger partial charge >= 0.3 is 6.09 Å². The van der Waals surface area contributed by atoms with E-state index in [2.05, 4.69) is 15.9 Å². The number of aliphatic hydroxyl groups excluding tert-OH is 1. The predicted octanol–water partition coefficient (Wildman–Crippen LogP) is 1.91. The quantitative estimate of drug-likeness (QED) is 0.905. The normalized spacial score (nSPS) is 20.1.